The molecule has 9 heteroatoms. The first-order chi connectivity index (χ1) is 10.7. The Morgan fingerprint density at radius 2 is 2.22 bits per heavy atom. The van der Waals surface area contributed by atoms with E-state index in [1.165, 1.54) is 6.07 Å². The molecule has 5 nitrogen and oxygen atoms in total. The molecule has 1 atom stereocenters. The molecule has 2 N–H and O–H groups in total. The molecule has 0 amide bonds. The summed E-state index contributed by atoms with van der Waals surface area (Å²) in [5.41, 5.74) is -0.159. The van der Waals surface area contributed by atoms with E-state index in [-0.39, 0.29) is 27.6 Å². The van der Waals surface area contributed by atoms with Gasteiger partial charge in [-0.25, -0.2) is 13.1 Å². The number of piperidine rings is 1. The largest absolute Gasteiger partial charge is 0.433 e. The van der Waals surface area contributed by atoms with E-state index >= 15 is 0 Å². The zero-order chi connectivity index (χ0) is 17.1. The highest BCUT2D eigenvalue weighted by molar-refractivity contribution is 7.89. The third-order valence-electron chi connectivity index (χ3n) is 3.80. The third kappa shape index (κ3) is 5.00. The highest BCUT2D eigenvalue weighted by Gasteiger charge is 2.29. The molecule has 1 unspecified atom stereocenters. The molecule has 0 radical (unpaired) electrons. The van der Waals surface area contributed by atoms with Crippen LogP contribution in [0.4, 0.5) is 8.78 Å². The smallest absolute Gasteiger partial charge is 0.387 e. The fraction of sp³-hybridized carbons (Fsp3) is 0.571. The van der Waals surface area contributed by atoms with Crippen molar-refractivity contribution < 1.29 is 21.9 Å². The maximum atomic E-state index is 12.3. The van der Waals surface area contributed by atoms with Gasteiger partial charge >= 0.3 is 6.61 Å². The summed E-state index contributed by atoms with van der Waals surface area (Å²) < 4.78 is 55.8. The maximum Gasteiger partial charge on any atom is 0.387 e. The lowest BCUT2D eigenvalue weighted by Crippen LogP contribution is -2.45. The van der Waals surface area contributed by atoms with E-state index in [9.17, 15) is 17.2 Å². The number of hydrogen-bond acceptors (Lipinski definition) is 4. The second-order valence-corrected chi connectivity index (χ2v) is 8.06. The van der Waals surface area contributed by atoms with Gasteiger partial charge in [-0.2, -0.15) is 8.78 Å². The fourth-order valence-corrected chi connectivity index (χ4v) is 3.98. The lowest BCUT2D eigenvalue weighted by molar-refractivity contribution is -0.0498. The van der Waals surface area contributed by atoms with E-state index in [0.717, 1.165) is 38.1 Å². The van der Waals surface area contributed by atoms with Gasteiger partial charge in [-0.3, -0.25) is 0 Å². The van der Waals surface area contributed by atoms with Crippen LogP contribution in [0, 0.1) is 5.41 Å². The van der Waals surface area contributed by atoms with Crippen LogP contribution in [0.15, 0.2) is 23.1 Å². The molecule has 1 aliphatic rings. The van der Waals surface area contributed by atoms with Gasteiger partial charge in [0.15, 0.2) is 0 Å². The van der Waals surface area contributed by atoms with Crippen molar-refractivity contribution in [2.75, 3.05) is 19.6 Å². The van der Waals surface area contributed by atoms with Crippen LogP contribution in [0.25, 0.3) is 0 Å². The van der Waals surface area contributed by atoms with E-state index in [1.54, 1.807) is 0 Å². The topological polar surface area (TPSA) is 67.4 Å². The SMILES string of the molecule is CC1(CNS(=O)(=O)c2ccc(OC(F)F)c(Cl)c2)CCCNC1. The predicted molar refractivity (Wildman–Crippen MR) is 83.5 cm³/mol. The first-order valence-corrected chi connectivity index (χ1v) is 9.03. The Balaban J connectivity index is 2.08. The molecule has 1 aliphatic heterocycles. The standard InChI is InChI=1S/C14H19ClF2N2O3S/c1-14(5-2-6-18-8-14)9-19-23(20,21)10-3-4-12(11(15)7-10)22-13(16)17/h3-4,7,13,18-19H,2,5-6,8-9H2,1H3. The molecular weight excluding hydrogens is 350 g/mol. The zero-order valence-electron chi connectivity index (χ0n) is 12.6. The second-order valence-electron chi connectivity index (χ2n) is 5.89. The minimum Gasteiger partial charge on any atom is -0.433 e. The summed E-state index contributed by atoms with van der Waals surface area (Å²) in [6.45, 7) is 0.941. The molecule has 1 fully saturated rings. The van der Waals surface area contributed by atoms with Crippen LogP contribution in [0.3, 0.4) is 0 Å². The Bertz CT molecular complexity index is 649. The number of hydrogen-bond donors (Lipinski definition) is 2. The maximum absolute atomic E-state index is 12.3. The van der Waals surface area contributed by atoms with E-state index in [2.05, 4.69) is 14.8 Å². The van der Waals surface area contributed by atoms with Crippen LogP contribution in [-0.4, -0.2) is 34.7 Å². The van der Waals surface area contributed by atoms with Crippen molar-refractivity contribution in [1.82, 2.24) is 10.0 Å². The lowest BCUT2D eigenvalue weighted by Gasteiger charge is -2.34. The Morgan fingerprint density at radius 1 is 1.48 bits per heavy atom. The zero-order valence-corrected chi connectivity index (χ0v) is 14.2. The van der Waals surface area contributed by atoms with E-state index in [1.807, 2.05) is 6.92 Å². The molecule has 1 heterocycles. The molecule has 0 aromatic heterocycles. The Kier molecular flexibility index (Phi) is 5.83. The molecule has 2 rings (SSSR count). The van der Waals surface area contributed by atoms with E-state index in [4.69, 9.17) is 11.6 Å². The van der Waals surface area contributed by atoms with Crippen molar-refractivity contribution in [3.63, 3.8) is 0 Å². The van der Waals surface area contributed by atoms with Crippen molar-refractivity contribution in [3.8, 4) is 5.75 Å². The summed E-state index contributed by atoms with van der Waals surface area (Å²) >= 11 is 5.80. The van der Waals surface area contributed by atoms with E-state index < -0.39 is 16.6 Å². The molecule has 0 spiro atoms. The molecule has 0 aliphatic carbocycles. The first-order valence-electron chi connectivity index (χ1n) is 7.17. The van der Waals surface area contributed by atoms with Crippen LogP contribution < -0.4 is 14.8 Å². The van der Waals surface area contributed by atoms with Gasteiger partial charge in [-0.1, -0.05) is 18.5 Å². The van der Waals surface area contributed by atoms with Gasteiger partial charge in [0.05, 0.1) is 9.92 Å². The third-order valence-corrected chi connectivity index (χ3v) is 5.50. The van der Waals surface area contributed by atoms with Crippen LogP contribution >= 0.6 is 11.6 Å². The summed E-state index contributed by atoms with van der Waals surface area (Å²) in [6.07, 6.45) is 1.91. The van der Waals surface area contributed by atoms with Gasteiger partial charge < -0.3 is 10.1 Å². The molecule has 0 bridgehead atoms. The van der Waals surface area contributed by atoms with Gasteiger partial charge in [0.25, 0.3) is 0 Å². The summed E-state index contributed by atoms with van der Waals surface area (Å²) in [5.74, 6) is -0.260. The van der Waals surface area contributed by atoms with Gasteiger partial charge in [0, 0.05) is 13.1 Å². The second kappa shape index (κ2) is 7.29. The normalized spacial score (nSPS) is 22.3. The Labute approximate surface area is 139 Å². The monoisotopic (exact) mass is 368 g/mol. The Hall–Kier alpha value is -0.960. The van der Waals surface area contributed by atoms with Gasteiger partial charge in [0.2, 0.25) is 10.0 Å². The number of sulfonamides is 1. The first kappa shape index (κ1) is 18.4. The number of benzene rings is 1. The molecule has 1 aromatic carbocycles. The van der Waals surface area contributed by atoms with Crippen molar-refractivity contribution in [3.05, 3.63) is 23.2 Å². The van der Waals surface area contributed by atoms with Crippen LogP contribution in [-0.2, 0) is 10.0 Å². The van der Waals surface area contributed by atoms with Crippen LogP contribution in [0.5, 0.6) is 5.75 Å². The summed E-state index contributed by atoms with van der Waals surface area (Å²) in [7, 11) is -3.77. The van der Waals surface area contributed by atoms with Crippen LogP contribution in [0.2, 0.25) is 5.02 Å². The summed E-state index contributed by atoms with van der Waals surface area (Å²) in [4.78, 5) is -0.0866. The number of halogens is 3. The number of rotatable bonds is 6. The van der Waals surface area contributed by atoms with Crippen molar-refractivity contribution in [2.45, 2.75) is 31.3 Å². The van der Waals surface area contributed by atoms with Crippen molar-refractivity contribution >= 4 is 21.6 Å². The highest BCUT2D eigenvalue weighted by atomic mass is 35.5. The average Bonchev–Trinajstić information content (AvgIpc) is 2.48. The van der Waals surface area contributed by atoms with Gasteiger partial charge in [-0.05, 0) is 43.0 Å². The summed E-state index contributed by atoms with van der Waals surface area (Å²) in [5, 5.41) is 3.06. The molecular formula is C14H19ClF2N2O3S. The quantitative estimate of drug-likeness (QED) is 0.810. The molecule has 130 valence electrons. The predicted octanol–water partition coefficient (Wildman–Crippen LogP) is 2.61. The highest BCUT2D eigenvalue weighted by Crippen LogP contribution is 2.29. The number of nitrogens with one attached hydrogen (secondary N) is 2. The van der Waals surface area contributed by atoms with E-state index in [0.29, 0.717) is 0 Å². The molecule has 1 aromatic rings. The van der Waals surface area contributed by atoms with Crippen LogP contribution in [0.1, 0.15) is 19.8 Å². The number of alkyl halides is 2. The summed E-state index contributed by atoms with van der Waals surface area (Å²) in [6, 6.07) is 3.41. The number of ether oxygens (including phenoxy) is 1. The van der Waals surface area contributed by atoms with Crippen molar-refractivity contribution in [1.29, 1.82) is 0 Å². The minimum absolute atomic E-state index is 0.0866. The molecule has 1 saturated heterocycles. The van der Waals surface area contributed by atoms with Gasteiger partial charge in [-0.15, -0.1) is 0 Å². The fourth-order valence-electron chi connectivity index (χ4n) is 2.46. The Morgan fingerprint density at radius 3 is 2.78 bits per heavy atom. The average molecular weight is 369 g/mol. The molecule has 23 heavy (non-hydrogen) atoms. The van der Waals surface area contributed by atoms with Gasteiger partial charge in [0.1, 0.15) is 5.75 Å². The lowest BCUT2D eigenvalue weighted by atomic mass is 9.83. The minimum atomic E-state index is -3.77. The van der Waals surface area contributed by atoms with Crippen molar-refractivity contribution in [2.24, 2.45) is 5.41 Å². The molecule has 0 saturated carbocycles.